The van der Waals surface area contributed by atoms with Crippen molar-refractivity contribution in [3.05, 3.63) is 35.9 Å². The fourth-order valence-electron chi connectivity index (χ4n) is 2.93. The summed E-state index contributed by atoms with van der Waals surface area (Å²) >= 11 is 0. The fourth-order valence-corrected chi connectivity index (χ4v) is 2.93. The molecular weight excluding hydrogens is 254 g/mol. The molecule has 1 aromatic rings. The van der Waals surface area contributed by atoms with Gasteiger partial charge in [0.15, 0.2) is 0 Å². The molecular formula is C16H23NO3. The minimum absolute atomic E-state index is 0.316. The van der Waals surface area contributed by atoms with Gasteiger partial charge in [0.05, 0.1) is 11.5 Å². The first-order valence-corrected chi connectivity index (χ1v) is 7.28. The highest BCUT2D eigenvalue weighted by atomic mass is 16.4. The Bertz CT molecular complexity index is 438. The van der Waals surface area contributed by atoms with Gasteiger partial charge in [-0.25, -0.2) is 0 Å². The van der Waals surface area contributed by atoms with Crippen LogP contribution in [-0.2, 0) is 10.2 Å². The number of piperidine rings is 1. The number of aliphatic hydroxyl groups excluding tert-OH is 1. The maximum atomic E-state index is 11.8. The van der Waals surface area contributed by atoms with E-state index in [1.165, 1.54) is 0 Å². The SMILES string of the molecule is CCC(O)CN1CCC(C(=O)O)(c2ccccc2)CC1. The number of aliphatic carboxylic acids is 1. The lowest BCUT2D eigenvalue weighted by Gasteiger charge is -2.39. The average molecular weight is 277 g/mol. The number of carbonyl (C=O) groups is 1. The predicted octanol–water partition coefficient (Wildman–Crippen LogP) is 1.88. The highest BCUT2D eigenvalue weighted by Gasteiger charge is 2.42. The van der Waals surface area contributed by atoms with E-state index in [0.717, 1.165) is 25.1 Å². The number of benzene rings is 1. The molecule has 2 rings (SSSR count). The number of hydrogen-bond acceptors (Lipinski definition) is 3. The van der Waals surface area contributed by atoms with Crippen molar-refractivity contribution in [1.29, 1.82) is 0 Å². The maximum Gasteiger partial charge on any atom is 0.314 e. The van der Waals surface area contributed by atoms with Crippen molar-refractivity contribution in [2.45, 2.75) is 37.7 Å². The van der Waals surface area contributed by atoms with E-state index in [9.17, 15) is 15.0 Å². The van der Waals surface area contributed by atoms with E-state index < -0.39 is 11.4 Å². The topological polar surface area (TPSA) is 60.8 Å². The molecule has 1 heterocycles. The summed E-state index contributed by atoms with van der Waals surface area (Å²) in [4.78, 5) is 14.0. The standard InChI is InChI=1S/C16H23NO3/c1-2-14(18)12-17-10-8-16(9-11-17,15(19)20)13-6-4-3-5-7-13/h3-7,14,18H,2,8-12H2,1H3,(H,19,20). The second kappa shape index (κ2) is 6.37. The average Bonchev–Trinajstić information content (AvgIpc) is 2.48. The van der Waals surface area contributed by atoms with E-state index in [1.807, 2.05) is 37.3 Å². The van der Waals surface area contributed by atoms with Crippen LogP contribution in [-0.4, -0.2) is 46.8 Å². The third-order valence-corrected chi connectivity index (χ3v) is 4.39. The Kier molecular flexibility index (Phi) is 4.78. The van der Waals surface area contributed by atoms with Crippen molar-refractivity contribution >= 4 is 5.97 Å². The maximum absolute atomic E-state index is 11.8. The molecule has 1 aromatic carbocycles. The summed E-state index contributed by atoms with van der Waals surface area (Å²) < 4.78 is 0. The van der Waals surface area contributed by atoms with Crippen molar-refractivity contribution in [2.75, 3.05) is 19.6 Å². The summed E-state index contributed by atoms with van der Waals surface area (Å²) in [5.41, 5.74) is 0.123. The van der Waals surface area contributed by atoms with Crippen LogP contribution in [0.2, 0.25) is 0 Å². The lowest BCUT2D eigenvalue weighted by molar-refractivity contribution is -0.146. The first-order chi connectivity index (χ1) is 9.58. The highest BCUT2D eigenvalue weighted by Crippen LogP contribution is 2.35. The third kappa shape index (κ3) is 3.02. The molecule has 0 saturated carbocycles. The van der Waals surface area contributed by atoms with E-state index in [-0.39, 0.29) is 6.10 Å². The molecule has 0 aromatic heterocycles. The second-order valence-electron chi connectivity index (χ2n) is 5.62. The molecule has 0 amide bonds. The lowest BCUT2D eigenvalue weighted by Crippen LogP contribution is -2.48. The molecule has 1 unspecified atom stereocenters. The number of hydrogen-bond donors (Lipinski definition) is 2. The van der Waals surface area contributed by atoms with Gasteiger partial charge in [0.1, 0.15) is 0 Å². The van der Waals surface area contributed by atoms with Gasteiger partial charge in [-0.2, -0.15) is 0 Å². The summed E-state index contributed by atoms with van der Waals surface area (Å²) in [5, 5.41) is 19.4. The second-order valence-corrected chi connectivity index (χ2v) is 5.62. The molecule has 0 radical (unpaired) electrons. The van der Waals surface area contributed by atoms with Gasteiger partial charge in [0, 0.05) is 6.54 Å². The van der Waals surface area contributed by atoms with Gasteiger partial charge in [-0.3, -0.25) is 4.79 Å². The van der Waals surface area contributed by atoms with Gasteiger partial charge >= 0.3 is 5.97 Å². The first kappa shape index (κ1) is 15.0. The molecule has 0 spiro atoms. The molecule has 1 atom stereocenters. The van der Waals surface area contributed by atoms with Crippen molar-refractivity contribution in [3.63, 3.8) is 0 Å². The van der Waals surface area contributed by atoms with Gasteiger partial charge in [-0.15, -0.1) is 0 Å². The third-order valence-electron chi connectivity index (χ3n) is 4.39. The summed E-state index contributed by atoms with van der Waals surface area (Å²) in [5.74, 6) is -0.737. The molecule has 1 saturated heterocycles. The zero-order valence-electron chi connectivity index (χ0n) is 12.0. The van der Waals surface area contributed by atoms with Crippen LogP contribution >= 0.6 is 0 Å². The van der Waals surface area contributed by atoms with E-state index in [4.69, 9.17) is 0 Å². The molecule has 1 fully saturated rings. The number of aliphatic hydroxyl groups is 1. The van der Waals surface area contributed by atoms with Crippen molar-refractivity contribution in [2.24, 2.45) is 0 Å². The van der Waals surface area contributed by atoms with Crippen molar-refractivity contribution in [1.82, 2.24) is 4.90 Å². The zero-order chi connectivity index (χ0) is 14.6. The Balaban J connectivity index is 2.09. The van der Waals surface area contributed by atoms with Crippen LogP contribution in [0.5, 0.6) is 0 Å². The molecule has 110 valence electrons. The van der Waals surface area contributed by atoms with Crippen molar-refractivity contribution in [3.8, 4) is 0 Å². The Morgan fingerprint density at radius 1 is 1.30 bits per heavy atom. The number of likely N-dealkylation sites (tertiary alicyclic amines) is 1. The summed E-state index contributed by atoms with van der Waals surface area (Å²) in [6.45, 7) is 4.04. The lowest BCUT2D eigenvalue weighted by atomic mass is 9.73. The zero-order valence-corrected chi connectivity index (χ0v) is 12.0. The first-order valence-electron chi connectivity index (χ1n) is 7.28. The summed E-state index contributed by atoms with van der Waals surface area (Å²) in [7, 11) is 0. The molecule has 0 aliphatic carbocycles. The molecule has 1 aliphatic rings. The van der Waals surface area contributed by atoms with Gasteiger partial charge in [0.25, 0.3) is 0 Å². The van der Waals surface area contributed by atoms with E-state index >= 15 is 0 Å². The van der Waals surface area contributed by atoms with Crippen LogP contribution < -0.4 is 0 Å². The van der Waals surface area contributed by atoms with Crippen molar-refractivity contribution < 1.29 is 15.0 Å². The Morgan fingerprint density at radius 2 is 1.90 bits per heavy atom. The Labute approximate surface area is 120 Å². The Morgan fingerprint density at radius 3 is 2.40 bits per heavy atom. The number of β-amino-alcohol motifs (C(OH)–C–C–N with tert-alkyl or cyclic N) is 1. The van der Waals surface area contributed by atoms with Gasteiger partial charge < -0.3 is 15.1 Å². The molecule has 1 aliphatic heterocycles. The van der Waals surface area contributed by atoms with Crippen LogP contribution in [0.1, 0.15) is 31.7 Å². The minimum Gasteiger partial charge on any atom is -0.481 e. The Hall–Kier alpha value is -1.39. The van der Waals surface area contributed by atoms with E-state index in [1.54, 1.807) is 0 Å². The molecule has 4 nitrogen and oxygen atoms in total. The quantitative estimate of drug-likeness (QED) is 0.862. The fraction of sp³-hybridized carbons (Fsp3) is 0.562. The minimum atomic E-state index is -0.769. The largest absolute Gasteiger partial charge is 0.481 e. The van der Waals surface area contributed by atoms with Gasteiger partial charge in [0.2, 0.25) is 0 Å². The highest BCUT2D eigenvalue weighted by molar-refractivity contribution is 5.81. The number of rotatable bonds is 5. The summed E-state index contributed by atoms with van der Waals surface area (Å²) in [6.07, 6.45) is 1.62. The predicted molar refractivity (Wildman–Crippen MR) is 77.7 cm³/mol. The van der Waals surface area contributed by atoms with Crippen LogP contribution in [0.3, 0.4) is 0 Å². The molecule has 4 heteroatoms. The van der Waals surface area contributed by atoms with Crippen LogP contribution in [0.25, 0.3) is 0 Å². The van der Waals surface area contributed by atoms with Crippen LogP contribution in [0.15, 0.2) is 30.3 Å². The molecule has 0 bridgehead atoms. The van der Waals surface area contributed by atoms with Crippen LogP contribution in [0.4, 0.5) is 0 Å². The van der Waals surface area contributed by atoms with Crippen LogP contribution in [0, 0.1) is 0 Å². The molecule has 20 heavy (non-hydrogen) atoms. The molecule has 2 N–H and O–H groups in total. The van der Waals surface area contributed by atoms with Gasteiger partial charge in [-0.05, 0) is 37.9 Å². The van der Waals surface area contributed by atoms with Gasteiger partial charge in [-0.1, -0.05) is 37.3 Å². The number of carboxylic acid groups (broad SMARTS) is 1. The van der Waals surface area contributed by atoms with E-state index in [0.29, 0.717) is 19.4 Å². The summed E-state index contributed by atoms with van der Waals surface area (Å²) in [6, 6.07) is 9.52. The smallest absolute Gasteiger partial charge is 0.314 e. The number of carboxylic acids is 1. The number of nitrogens with zero attached hydrogens (tertiary/aromatic N) is 1. The normalized spacial score (nSPS) is 20.5. The van der Waals surface area contributed by atoms with E-state index in [2.05, 4.69) is 4.90 Å². The monoisotopic (exact) mass is 277 g/mol.